The topological polar surface area (TPSA) is 28.7 Å². The first-order valence-electron chi connectivity index (χ1n) is 4.44. The van der Waals surface area contributed by atoms with Crippen LogP contribution in [0.2, 0.25) is 0 Å². The van der Waals surface area contributed by atoms with Crippen molar-refractivity contribution >= 4 is 0 Å². The van der Waals surface area contributed by atoms with E-state index in [9.17, 15) is 8.78 Å². The summed E-state index contributed by atoms with van der Waals surface area (Å²) in [5.74, 6) is -2.92. The van der Waals surface area contributed by atoms with E-state index in [1.807, 2.05) is 0 Å². The smallest absolute Gasteiger partial charge is 0.258 e. The minimum absolute atomic E-state index is 0.444. The van der Waals surface area contributed by atoms with Gasteiger partial charge < -0.3 is 0 Å². The van der Waals surface area contributed by atoms with Crippen LogP contribution in [0.25, 0.3) is 0 Å². The van der Waals surface area contributed by atoms with E-state index in [-0.39, 0.29) is 0 Å². The molecular formula is C9H10F2N2. The van der Waals surface area contributed by atoms with Crippen LogP contribution in [-0.2, 0) is 12.8 Å². The quantitative estimate of drug-likeness (QED) is 0.654. The molecule has 0 radical (unpaired) electrons. The summed E-state index contributed by atoms with van der Waals surface area (Å²) in [6.45, 7) is 1.67. The Kier molecular flexibility index (Phi) is 1.03. The van der Waals surface area contributed by atoms with Crippen molar-refractivity contribution in [3.8, 4) is 0 Å². The molecule has 70 valence electrons. The van der Waals surface area contributed by atoms with Crippen molar-refractivity contribution in [2.45, 2.75) is 25.7 Å². The van der Waals surface area contributed by atoms with Crippen molar-refractivity contribution in [2.24, 2.45) is 11.3 Å². The van der Waals surface area contributed by atoms with Gasteiger partial charge in [0.25, 0.3) is 5.92 Å². The van der Waals surface area contributed by atoms with Gasteiger partial charge in [0.1, 0.15) is 0 Å². The lowest BCUT2D eigenvalue weighted by molar-refractivity contribution is 0.0631. The third-order valence-corrected chi connectivity index (χ3v) is 3.66. The number of aromatic nitrogens is 2. The Bertz CT molecular complexity index is 371. The van der Waals surface area contributed by atoms with Crippen LogP contribution in [0.1, 0.15) is 18.2 Å². The van der Waals surface area contributed by atoms with E-state index in [2.05, 4.69) is 10.2 Å². The van der Waals surface area contributed by atoms with E-state index in [1.54, 1.807) is 13.1 Å². The lowest BCUT2D eigenvalue weighted by atomic mass is 9.89. The van der Waals surface area contributed by atoms with Crippen molar-refractivity contribution in [1.82, 2.24) is 10.2 Å². The van der Waals surface area contributed by atoms with Crippen LogP contribution in [-0.4, -0.2) is 16.1 Å². The summed E-state index contributed by atoms with van der Waals surface area (Å²) in [4.78, 5) is 0. The SMILES string of the molecule is C[C@@]12Cc3[nH]ncc3C[C@@H]1C2(F)F. The Morgan fingerprint density at radius 3 is 3.15 bits per heavy atom. The van der Waals surface area contributed by atoms with E-state index in [0.29, 0.717) is 12.8 Å². The van der Waals surface area contributed by atoms with E-state index < -0.39 is 17.3 Å². The molecule has 1 heterocycles. The zero-order valence-electron chi connectivity index (χ0n) is 7.27. The maximum atomic E-state index is 13.3. The number of alkyl halides is 2. The number of halogens is 2. The van der Waals surface area contributed by atoms with Gasteiger partial charge in [-0.2, -0.15) is 5.10 Å². The molecule has 4 heteroatoms. The van der Waals surface area contributed by atoms with E-state index in [1.165, 1.54) is 0 Å². The first kappa shape index (κ1) is 7.47. The Balaban J connectivity index is 2.04. The lowest BCUT2D eigenvalue weighted by Crippen LogP contribution is -2.14. The predicted octanol–water partition coefficient (Wildman–Crippen LogP) is 1.78. The van der Waals surface area contributed by atoms with Gasteiger partial charge in [-0.1, -0.05) is 6.92 Å². The number of nitrogens with one attached hydrogen (secondary N) is 1. The van der Waals surface area contributed by atoms with Gasteiger partial charge in [0.15, 0.2) is 0 Å². The van der Waals surface area contributed by atoms with Gasteiger partial charge in [-0.15, -0.1) is 0 Å². The summed E-state index contributed by atoms with van der Waals surface area (Å²) in [5, 5.41) is 6.66. The molecule has 2 nitrogen and oxygen atoms in total. The molecule has 0 saturated heterocycles. The molecule has 2 aliphatic rings. The Morgan fingerprint density at radius 2 is 2.38 bits per heavy atom. The van der Waals surface area contributed by atoms with Crippen molar-refractivity contribution in [3.63, 3.8) is 0 Å². The highest BCUT2D eigenvalue weighted by molar-refractivity contribution is 5.33. The molecular weight excluding hydrogens is 174 g/mol. The number of rotatable bonds is 0. The first-order chi connectivity index (χ1) is 6.06. The molecule has 0 bridgehead atoms. The van der Waals surface area contributed by atoms with Gasteiger partial charge in [-0.05, 0) is 12.0 Å². The maximum Gasteiger partial charge on any atom is 0.258 e. The van der Waals surface area contributed by atoms with Crippen molar-refractivity contribution in [2.75, 3.05) is 0 Å². The highest BCUT2D eigenvalue weighted by Gasteiger charge is 2.78. The fourth-order valence-corrected chi connectivity index (χ4v) is 2.52. The zero-order chi connectivity index (χ0) is 9.27. The molecule has 1 N–H and O–H groups in total. The van der Waals surface area contributed by atoms with Gasteiger partial charge in [0.05, 0.1) is 6.20 Å². The average Bonchev–Trinajstić information content (AvgIpc) is 2.48. The van der Waals surface area contributed by atoms with Crippen LogP contribution in [0, 0.1) is 11.3 Å². The summed E-state index contributed by atoms with van der Waals surface area (Å²) in [6, 6.07) is 0. The van der Waals surface area contributed by atoms with Crippen LogP contribution in [0.15, 0.2) is 6.20 Å². The number of hydrogen-bond donors (Lipinski definition) is 1. The van der Waals surface area contributed by atoms with Crippen LogP contribution >= 0.6 is 0 Å². The van der Waals surface area contributed by atoms with Crippen LogP contribution in [0.3, 0.4) is 0 Å². The molecule has 0 spiro atoms. The zero-order valence-corrected chi connectivity index (χ0v) is 7.27. The number of aromatic amines is 1. The molecule has 1 fully saturated rings. The molecule has 0 aliphatic heterocycles. The monoisotopic (exact) mass is 184 g/mol. The van der Waals surface area contributed by atoms with E-state index >= 15 is 0 Å². The number of fused-ring (bicyclic) bond motifs is 2. The lowest BCUT2D eigenvalue weighted by Gasteiger charge is -2.14. The molecule has 1 aromatic heterocycles. The van der Waals surface area contributed by atoms with Gasteiger partial charge in [-0.3, -0.25) is 5.10 Å². The second-order valence-electron chi connectivity index (χ2n) is 4.35. The van der Waals surface area contributed by atoms with Crippen molar-refractivity contribution in [1.29, 1.82) is 0 Å². The van der Waals surface area contributed by atoms with Crippen LogP contribution in [0.4, 0.5) is 8.78 Å². The fraction of sp³-hybridized carbons (Fsp3) is 0.667. The molecule has 13 heavy (non-hydrogen) atoms. The summed E-state index contributed by atoms with van der Waals surface area (Å²) < 4.78 is 26.6. The van der Waals surface area contributed by atoms with Crippen molar-refractivity contribution < 1.29 is 8.78 Å². The largest absolute Gasteiger partial charge is 0.282 e. The molecule has 0 aromatic carbocycles. The van der Waals surface area contributed by atoms with Gasteiger partial charge in [0.2, 0.25) is 0 Å². The molecule has 0 unspecified atom stereocenters. The number of hydrogen-bond acceptors (Lipinski definition) is 1. The third kappa shape index (κ3) is 0.663. The molecule has 1 saturated carbocycles. The van der Waals surface area contributed by atoms with Crippen LogP contribution in [0.5, 0.6) is 0 Å². The number of nitrogens with zero attached hydrogens (tertiary/aromatic N) is 1. The summed E-state index contributed by atoms with van der Waals surface area (Å²) in [5.41, 5.74) is 1.07. The van der Waals surface area contributed by atoms with E-state index in [4.69, 9.17) is 0 Å². The summed E-state index contributed by atoms with van der Waals surface area (Å²) >= 11 is 0. The van der Waals surface area contributed by atoms with Crippen LogP contribution < -0.4 is 0 Å². The minimum atomic E-state index is -2.47. The minimum Gasteiger partial charge on any atom is -0.282 e. The Labute approximate surface area is 74.3 Å². The van der Waals surface area contributed by atoms with Gasteiger partial charge in [-0.25, -0.2) is 8.78 Å². The normalized spacial score (nSPS) is 39.5. The predicted molar refractivity (Wildman–Crippen MR) is 42.5 cm³/mol. The second-order valence-corrected chi connectivity index (χ2v) is 4.35. The Hall–Kier alpha value is -0.930. The summed E-state index contributed by atoms with van der Waals surface area (Å²) in [6.07, 6.45) is 2.60. The Morgan fingerprint density at radius 1 is 1.62 bits per heavy atom. The third-order valence-electron chi connectivity index (χ3n) is 3.66. The first-order valence-corrected chi connectivity index (χ1v) is 4.44. The molecule has 2 aliphatic carbocycles. The maximum absolute atomic E-state index is 13.3. The molecule has 3 rings (SSSR count). The van der Waals surface area contributed by atoms with Gasteiger partial charge in [0, 0.05) is 23.4 Å². The van der Waals surface area contributed by atoms with Crippen molar-refractivity contribution in [3.05, 3.63) is 17.5 Å². The molecule has 2 atom stereocenters. The standard InChI is InChI=1S/C9H10F2N2/c1-8-3-6-5(4-12-13-6)2-7(8)9(8,10)11/h4,7H,2-3H2,1H3,(H,12,13)/t7-,8+/m0/s1. The molecule has 0 amide bonds. The number of H-pyrrole nitrogens is 1. The molecule has 1 aromatic rings. The highest BCUT2D eigenvalue weighted by Crippen LogP contribution is 2.70. The van der Waals surface area contributed by atoms with Gasteiger partial charge >= 0.3 is 0 Å². The second kappa shape index (κ2) is 1.79. The van der Waals surface area contributed by atoms with E-state index in [0.717, 1.165) is 11.3 Å². The highest BCUT2D eigenvalue weighted by atomic mass is 19.3. The summed E-state index contributed by atoms with van der Waals surface area (Å²) in [7, 11) is 0. The fourth-order valence-electron chi connectivity index (χ4n) is 2.52. The average molecular weight is 184 g/mol.